The molecule has 0 amide bonds. The summed E-state index contributed by atoms with van der Waals surface area (Å²) in [4.78, 5) is 5.62. The predicted molar refractivity (Wildman–Crippen MR) is 97.9 cm³/mol. The molecule has 0 spiro atoms. The van der Waals surface area contributed by atoms with E-state index in [1.165, 1.54) is 12.1 Å². The minimum Gasteiger partial charge on any atom is -0.339 e. The molecule has 2 aromatic heterocycles. The molecule has 0 aliphatic carbocycles. The van der Waals surface area contributed by atoms with Gasteiger partial charge in [0, 0.05) is 22.3 Å². The Morgan fingerprint density at radius 1 is 1.12 bits per heavy atom. The number of thiazole rings is 1. The third kappa shape index (κ3) is 2.56. The monoisotopic (exact) mass is 357 g/mol. The Morgan fingerprint density at radius 2 is 1.88 bits per heavy atom. The third-order valence-electron chi connectivity index (χ3n) is 3.77. The van der Waals surface area contributed by atoms with Gasteiger partial charge in [-0.15, -0.1) is 11.3 Å². The number of hydrogen-bond donors (Lipinski definition) is 1. The van der Waals surface area contributed by atoms with E-state index in [4.69, 9.17) is 16.6 Å². The number of imidazole rings is 1. The number of nitrogens with zero attached hydrogens (tertiary/aromatic N) is 2. The summed E-state index contributed by atoms with van der Waals surface area (Å²) in [6.45, 7) is 2.03. The quantitative estimate of drug-likeness (QED) is 0.494. The maximum absolute atomic E-state index is 13.2. The smallest absolute Gasteiger partial charge is 0.196 e. The lowest BCUT2D eigenvalue weighted by Gasteiger charge is -2.10. The first-order valence-corrected chi connectivity index (χ1v) is 8.63. The van der Waals surface area contributed by atoms with Crippen molar-refractivity contribution in [1.29, 1.82) is 0 Å². The Balaban J connectivity index is 1.91. The summed E-state index contributed by atoms with van der Waals surface area (Å²) in [5.74, 6) is 0.556. The summed E-state index contributed by atoms with van der Waals surface area (Å²) in [6.07, 6.45) is 0. The topological polar surface area (TPSA) is 29.3 Å². The van der Waals surface area contributed by atoms with E-state index in [2.05, 4.69) is 10.7 Å². The van der Waals surface area contributed by atoms with E-state index in [1.807, 2.05) is 35.6 Å². The molecule has 3 nitrogen and oxygen atoms in total. The lowest BCUT2D eigenvalue weighted by molar-refractivity contribution is 0.628. The van der Waals surface area contributed by atoms with Crippen LogP contribution in [0.15, 0.2) is 53.9 Å². The second-order valence-corrected chi connectivity index (χ2v) is 6.66. The molecule has 120 valence electrons. The number of hydrogen-bond acceptors (Lipinski definition) is 3. The highest BCUT2D eigenvalue weighted by molar-refractivity contribution is 7.15. The van der Waals surface area contributed by atoms with Gasteiger partial charge in [-0.25, -0.2) is 9.37 Å². The van der Waals surface area contributed by atoms with E-state index in [1.54, 1.807) is 23.5 Å². The molecule has 24 heavy (non-hydrogen) atoms. The van der Waals surface area contributed by atoms with E-state index in [0.717, 1.165) is 33.4 Å². The zero-order chi connectivity index (χ0) is 16.7. The van der Waals surface area contributed by atoms with E-state index in [0.29, 0.717) is 5.02 Å². The van der Waals surface area contributed by atoms with Crippen LogP contribution in [0.3, 0.4) is 0 Å². The van der Waals surface area contributed by atoms with Crippen LogP contribution < -0.4 is 5.32 Å². The highest BCUT2D eigenvalue weighted by Gasteiger charge is 2.18. The standard InChI is InChI=1S/C18H13ClFN3S/c1-11-10-24-18-22-16(14-4-2-3-5-15(14)19)17(23(11)18)21-13-8-6-12(20)7-9-13/h2-10,21H,1H3. The van der Waals surface area contributed by atoms with Gasteiger partial charge in [-0.05, 0) is 37.3 Å². The van der Waals surface area contributed by atoms with Gasteiger partial charge in [0.25, 0.3) is 0 Å². The summed E-state index contributed by atoms with van der Waals surface area (Å²) in [5, 5.41) is 6.05. The van der Waals surface area contributed by atoms with Crippen LogP contribution in [0, 0.1) is 12.7 Å². The molecule has 4 aromatic rings. The van der Waals surface area contributed by atoms with Crippen LogP contribution in [0.25, 0.3) is 16.2 Å². The van der Waals surface area contributed by atoms with Crippen LogP contribution in [0.5, 0.6) is 0 Å². The van der Waals surface area contributed by atoms with Gasteiger partial charge in [0.2, 0.25) is 0 Å². The highest BCUT2D eigenvalue weighted by Crippen LogP contribution is 2.37. The molecular weight excluding hydrogens is 345 g/mol. The van der Waals surface area contributed by atoms with Crippen molar-refractivity contribution in [2.75, 3.05) is 5.32 Å². The van der Waals surface area contributed by atoms with Crippen molar-refractivity contribution in [3.63, 3.8) is 0 Å². The fraction of sp³-hybridized carbons (Fsp3) is 0.0556. The molecule has 2 heterocycles. The zero-order valence-electron chi connectivity index (χ0n) is 12.8. The van der Waals surface area contributed by atoms with Gasteiger partial charge in [-0.2, -0.15) is 0 Å². The number of fused-ring (bicyclic) bond motifs is 1. The van der Waals surface area contributed by atoms with Gasteiger partial charge >= 0.3 is 0 Å². The van der Waals surface area contributed by atoms with Crippen molar-refractivity contribution in [2.45, 2.75) is 6.92 Å². The summed E-state index contributed by atoms with van der Waals surface area (Å²) < 4.78 is 15.2. The molecule has 1 N–H and O–H groups in total. The van der Waals surface area contributed by atoms with Gasteiger partial charge in [-0.3, -0.25) is 4.40 Å². The largest absolute Gasteiger partial charge is 0.339 e. The Hall–Kier alpha value is -2.37. The molecular formula is C18H13ClFN3S. The molecule has 0 fully saturated rings. The summed E-state index contributed by atoms with van der Waals surface area (Å²) in [7, 11) is 0. The molecule has 0 bridgehead atoms. The molecule has 0 unspecified atom stereocenters. The Morgan fingerprint density at radius 3 is 2.62 bits per heavy atom. The number of anilines is 2. The molecule has 0 saturated carbocycles. The first kappa shape index (κ1) is 15.2. The average molecular weight is 358 g/mol. The van der Waals surface area contributed by atoms with E-state index >= 15 is 0 Å². The maximum Gasteiger partial charge on any atom is 0.196 e. The Bertz CT molecular complexity index is 1020. The summed E-state index contributed by atoms with van der Waals surface area (Å²) >= 11 is 7.94. The number of nitrogens with one attached hydrogen (secondary N) is 1. The number of aromatic nitrogens is 2. The molecule has 4 rings (SSSR count). The van der Waals surface area contributed by atoms with Crippen LogP contribution >= 0.6 is 22.9 Å². The SMILES string of the molecule is Cc1csc2nc(-c3ccccc3Cl)c(Nc3ccc(F)cc3)n12. The molecule has 6 heteroatoms. The van der Waals surface area contributed by atoms with Crippen LogP contribution in [0.4, 0.5) is 15.9 Å². The number of rotatable bonds is 3. The molecule has 0 aliphatic rings. The van der Waals surface area contributed by atoms with Crippen molar-refractivity contribution < 1.29 is 4.39 Å². The van der Waals surface area contributed by atoms with Crippen molar-refractivity contribution in [1.82, 2.24) is 9.38 Å². The van der Waals surface area contributed by atoms with Gasteiger partial charge in [-0.1, -0.05) is 29.8 Å². The average Bonchev–Trinajstić information content (AvgIpc) is 3.11. The van der Waals surface area contributed by atoms with E-state index in [9.17, 15) is 4.39 Å². The van der Waals surface area contributed by atoms with Crippen molar-refractivity contribution in [3.8, 4) is 11.3 Å². The van der Waals surface area contributed by atoms with E-state index in [-0.39, 0.29) is 5.82 Å². The van der Waals surface area contributed by atoms with Crippen LogP contribution in [-0.2, 0) is 0 Å². The maximum atomic E-state index is 13.2. The number of benzene rings is 2. The van der Waals surface area contributed by atoms with Crippen molar-refractivity contribution in [3.05, 3.63) is 70.4 Å². The molecule has 2 aromatic carbocycles. The fourth-order valence-electron chi connectivity index (χ4n) is 2.62. The summed E-state index contributed by atoms with van der Waals surface area (Å²) in [5.41, 5.74) is 3.50. The van der Waals surface area contributed by atoms with Gasteiger partial charge in [0.1, 0.15) is 17.3 Å². The van der Waals surface area contributed by atoms with Crippen molar-refractivity contribution >= 4 is 39.4 Å². The van der Waals surface area contributed by atoms with Gasteiger partial charge in [0.15, 0.2) is 4.96 Å². The molecule has 0 radical (unpaired) electrons. The second-order valence-electron chi connectivity index (χ2n) is 5.42. The lowest BCUT2D eigenvalue weighted by Crippen LogP contribution is -1.98. The summed E-state index contributed by atoms with van der Waals surface area (Å²) in [6, 6.07) is 13.9. The highest BCUT2D eigenvalue weighted by atomic mass is 35.5. The normalized spacial score (nSPS) is 11.1. The predicted octanol–water partition coefficient (Wildman–Crippen LogP) is 5.91. The lowest BCUT2D eigenvalue weighted by atomic mass is 10.1. The molecule has 0 aliphatic heterocycles. The minimum atomic E-state index is -0.267. The number of halogens is 2. The van der Waals surface area contributed by atoms with Crippen LogP contribution in [-0.4, -0.2) is 9.38 Å². The van der Waals surface area contributed by atoms with Crippen LogP contribution in [0.1, 0.15) is 5.69 Å². The van der Waals surface area contributed by atoms with Gasteiger partial charge < -0.3 is 5.32 Å². The third-order valence-corrected chi connectivity index (χ3v) is 5.04. The Labute approximate surface area is 147 Å². The minimum absolute atomic E-state index is 0.267. The van der Waals surface area contributed by atoms with Gasteiger partial charge in [0.05, 0.1) is 5.02 Å². The number of aryl methyl sites for hydroxylation is 1. The first-order valence-electron chi connectivity index (χ1n) is 7.37. The zero-order valence-corrected chi connectivity index (χ0v) is 14.3. The molecule has 0 atom stereocenters. The second kappa shape index (κ2) is 5.92. The fourth-order valence-corrected chi connectivity index (χ4v) is 3.71. The Kier molecular flexibility index (Phi) is 3.75. The first-order chi connectivity index (χ1) is 11.6. The van der Waals surface area contributed by atoms with Crippen LogP contribution in [0.2, 0.25) is 5.02 Å². The van der Waals surface area contributed by atoms with Crippen molar-refractivity contribution in [2.24, 2.45) is 0 Å². The van der Waals surface area contributed by atoms with E-state index < -0.39 is 0 Å². The molecule has 0 saturated heterocycles.